The molecule has 39 heavy (non-hydrogen) atoms. The van der Waals surface area contributed by atoms with Crippen molar-refractivity contribution in [3.8, 4) is 5.75 Å². The predicted molar refractivity (Wildman–Crippen MR) is 157 cm³/mol. The minimum absolute atomic E-state index is 0.0257. The molecule has 2 amide bonds. The summed E-state index contributed by atoms with van der Waals surface area (Å²) >= 11 is 6.40. The summed E-state index contributed by atoms with van der Waals surface area (Å²) in [7, 11) is 0. The first-order valence-electron chi connectivity index (χ1n) is 13.6. The van der Waals surface area contributed by atoms with Crippen LogP contribution in [0.4, 0.5) is 5.69 Å². The van der Waals surface area contributed by atoms with Gasteiger partial charge in [-0.25, -0.2) is 0 Å². The van der Waals surface area contributed by atoms with Gasteiger partial charge in [-0.1, -0.05) is 55.8 Å². The van der Waals surface area contributed by atoms with Crippen LogP contribution in [0.5, 0.6) is 5.75 Å². The van der Waals surface area contributed by atoms with E-state index in [1.807, 2.05) is 59.5 Å². The highest BCUT2D eigenvalue weighted by atomic mass is 35.5. The minimum Gasteiger partial charge on any atom is -0.493 e. The number of carbonyl (C=O) groups excluding carboxylic acids is 2. The van der Waals surface area contributed by atoms with Gasteiger partial charge in [0.05, 0.1) is 6.61 Å². The van der Waals surface area contributed by atoms with Gasteiger partial charge in [0.25, 0.3) is 5.91 Å². The SMILES string of the molecule is CC(=O)N1CCCN(Cc2ccccc2)CCN(C(=O)c2ccc(OCC(C)C)cc2)Cc2cc(Cl)ccc21. The number of ether oxygens (including phenoxy) is 1. The number of rotatable bonds is 6. The van der Waals surface area contributed by atoms with Gasteiger partial charge < -0.3 is 14.5 Å². The van der Waals surface area contributed by atoms with Crippen LogP contribution < -0.4 is 9.64 Å². The van der Waals surface area contributed by atoms with E-state index in [9.17, 15) is 9.59 Å². The number of hydrogen-bond acceptors (Lipinski definition) is 4. The third-order valence-electron chi connectivity index (χ3n) is 6.84. The molecular weight excluding hydrogens is 510 g/mol. The Hall–Kier alpha value is -3.35. The number of hydrogen-bond donors (Lipinski definition) is 0. The number of nitrogens with zero attached hydrogens (tertiary/aromatic N) is 3. The van der Waals surface area contributed by atoms with Crippen LogP contribution in [0.25, 0.3) is 0 Å². The summed E-state index contributed by atoms with van der Waals surface area (Å²) in [6.45, 7) is 10.2. The Morgan fingerprint density at radius 3 is 2.36 bits per heavy atom. The van der Waals surface area contributed by atoms with E-state index >= 15 is 0 Å². The van der Waals surface area contributed by atoms with Crippen LogP contribution in [0, 0.1) is 5.92 Å². The lowest BCUT2D eigenvalue weighted by Crippen LogP contribution is -2.38. The van der Waals surface area contributed by atoms with E-state index in [1.54, 1.807) is 17.9 Å². The average Bonchev–Trinajstić information content (AvgIpc) is 2.95. The molecule has 0 aromatic heterocycles. The van der Waals surface area contributed by atoms with E-state index in [-0.39, 0.29) is 11.8 Å². The molecule has 0 bridgehead atoms. The summed E-state index contributed by atoms with van der Waals surface area (Å²) in [6.07, 6.45) is 0.820. The molecule has 7 heteroatoms. The molecule has 3 aromatic rings. The van der Waals surface area contributed by atoms with E-state index < -0.39 is 0 Å². The first kappa shape index (κ1) is 28.7. The largest absolute Gasteiger partial charge is 0.493 e. The molecule has 0 spiro atoms. The molecule has 0 fully saturated rings. The molecular formula is C32H38ClN3O3. The molecule has 6 nitrogen and oxygen atoms in total. The summed E-state index contributed by atoms with van der Waals surface area (Å²) < 4.78 is 5.81. The van der Waals surface area contributed by atoms with Crippen LogP contribution in [-0.2, 0) is 17.9 Å². The van der Waals surface area contributed by atoms with Crippen molar-refractivity contribution >= 4 is 29.1 Å². The summed E-state index contributed by atoms with van der Waals surface area (Å²) in [5.74, 6) is 1.08. The maximum atomic E-state index is 13.9. The summed E-state index contributed by atoms with van der Waals surface area (Å²) in [4.78, 5) is 32.6. The van der Waals surface area contributed by atoms with E-state index in [0.29, 0.717) is 49.3 Å². The van der Waals surface area contributed by atoms with Crippen LogP contribution in [0.1, 0.15) is 48.7 Å². The van der Waals surface area contributed by atoms with E-state index in [0.717, 1.165) is 36.5 Å². The summed E-state index contributed by atoms with van der Waals surface area (Å²) in [5, 5.41) is 0.580. The van der Waals surface area contributed by atoms with Crippen molar-refractivity contribution in [2.75, 3.05) is 37.7 Å². The molecule has 0 N–H and O–H groups in total. The van der Waals surface area contributed by atoms with Crippen LogP contribution >= 0.6 is 11.6 Å². The fourth-order valence-electron chi connectivity index (χ4n) is 4.81. The molecule has 0 aliphatic carbocycles. The molecule has 1 heterocycles. The molecule has 1 aliphatic rings. The quantitative estimate of drug-likeness (QED) is 0.364. The summed E-state index contributed by atoms with van der Waals surface area (Å²) in [6, 6.07) is 23.3. The molecule has 0 unspecified atom stereocenters. The van der Waals surface area contributed by atoms with Crippen molar-refractivity contribution in [3.63, 3.8) is 0 Å². The van der Waals surface area contributed by atoms with Crippen molar-refractivity contribution in [1.29, 1.82) is 0 Å². The molecule has 0 atom stereocenters. The lowest BCUT2D eigenvalue weighted by atomic mass is 10.1. The lowest BCUT2D eigenvalue weighted by Gasteiger charge is -2.28. The Kier molecular flexibility index (Phi) is 10.0. The highest BCUT2D eigenvalue weighted by Gasteiger charge is 2.23. The minimum atomic E-state index is -0.0652. The normalized spacial score (nSPS) is 15.0. The highest BCUT2D eigenvalue weighted by Crippen LogP contribution is 2.28. The fraction of sp³-hybridized carbons (Fsp3) is 0.375. The first-order chi connectivity index (χ1) is 18.8. The van der Waals surface area contributed by atoms with Gasteiger partial charge >= 0.3 is 0 Å². The maximum Gasteiger partial charge on any atom is 0.254 e. The average molecular weight is 548 g/mol. The van der Waals surface area contributed by atoms with Gasteiger partial charge in [-0.3, -0.25) is 14.5 Å². The van der Waals surface area contributed by atoms with Crippen LogP contribution in [-0.4, -0.2) is 54.4 Å². The predicted octanol–water partition coefficient (Wildman–Crippen LogP) is 6.28. The molecule has 3 aromatic carbocycles. The van der Waals surface area contributed by atoms with Gasteiger partial charge in [0, 0.05) is 62.5 Å². The molecule has 0 saturated carbocycles. The number of fused-ring (bicyclic) bond motifs is 1. The topological polar surface area (TPSA) is 53.1 Å². The maximum absolute atomic E-state index is 13.9. The Balaban J connectivity index is 1.63. The van der Waals surface area contributed by atoms with Crippen LogP contribution in [0.15, 0.2) is 72.8 Å². The lowest BCUT2D eigenvalue weighted by molar-refractivity contribution is -0.116. The smallest absolute Gasteiger partial charge is 0.254 e. The number of amides is 2. The Labute approximate surface area is 237 Å². The van der Waals surface area contributed by atoms with Gasteiger partial charge in [0.2, 0.25) is 5.91 Å². The van der Waals surface area contributed by atoms with Gasteiger partial charge in [-0.15, -0.1) is 0 Å². The second-order valence-electron chi connectivity index (χ2n) is 10.5. The van der Waals surface area contributed by atoms with Crippen molar-refractivity contribution in [1.82, 2.24) is 9.80 Å². The van der Waals surface area contributed by atoms with E-state index in [2.05, 4.69) is 30.9 Å². The Bertz CT molecular complexity index is 1250. The standard InChI is InChI=1S/C32H38ClN3O3/c1-24(2)23-39-30-13-10-27(11-14-30)32(38)35-19-18-34(21-26-8-5-4-6-9-26)16-7-17-36(25(3)37)31-15-12-29(33)20-28(31)22-35/h4-6,8-15,20,24H,7,16-19,21-23H2,1-3H3. The van der Waals surface area contributed by atoms with Crippen LogP contribution in [0.3, 0.4) is 0 Å². The third kappa shape index (κ3) is 8.07. The van der Waals surface area contributed by atoms with Gasteiger partial charge in [-0.2, -0.15) is 0 Å². The molecule has 0 saturated heterocycles. The highest BCUT2D eigenvalue weighted by molar-refractivity contribution is 6.30. The summed E-state index contributed by atoms with van der Waals surface area (Å²) in [5.41, 5.74) is 3.49. The zero-order valence-corrected chi connectivity index (χ0v) is 23.9. The monoisotopic (exact) mass is 547 g/mol. The molecule has 0 radical (unpaired) electrons. The van der Waals surface area contributed by atoms with Crippen molar-refractivity contribution in [2.24, 2.45) is 5.92 Å². The third-order valence-corrected chi connectivity index (χ3v) is 7.07. The zero-order valence-electron chi connectivity index (χ0n) is 23.1. The van der Waals surface area contributed by atoms with Crippen LogP contribution in [0.2, 0.25) is 5.02 Å². The van der Waals surface area contributed by atoms with E-state index in [1.165, 1.54) is 5.56 Å². The Morgan fingerprint density at radius 1 is 0.923 bits per heavy atom. The second kappa shape index (κ2) is 13.6. The number of benzene rings is 3. The Morgan fingerprint density at radius 2 is 1.67 bits per heavy atom. The number of halogens is 1. The molecule has 206 valence electrons. The number of carbonyl (C=O) groups is 2. The second-order valence-corrected chi connectivity index (χ2v) is 11.0. The van der Waals surface area contributed by atoms with Crippen molar-refractivity contribution < 1.29 is 14.3 Å². The number of anilines is 1. The van der Waals surface area contributed by atoms with Gasteiger partial charge in [0.15, 0.2) is 0 Å². The first-order valence-corrected chi connectivity index (χ1v) is 14.0. The zero-order chi connectivity index (χ0) is 27.8. The van der Waals surface area contributed by atoms with Gasteiger partial charge in [0.1, 0.15) is 5.75 Å². The van der Waals surface area contributed by atoms with Crippen molar-refractivity contribution in [3.05, 3.63) is 94.5 Å². The van der Waals surface area contributed by atoms with E-state index in [4.69, 9.17) is 16.3 Å². The molecule has 1 aliphatic heterocycles. The fourth-order valence-corrected chi connectivity index (χ4v) is 5.01. The molecule has 4 rings (SSSR count). The van der Waals surface area contributed by atoms with Gasteiger partial charge in [-0.05, 0) is 65.9 Å². The van der Waals surface area contributed by atoms with Crippen molar-refractivity contribution in [2.45, 2.75) is 40.3 Å².